The molecule has 194 valence electrons. The van der Waals surface area contributed by atoms with Gasteiger partial charge in [-0.3, -0.25) is 14.4 Å². The van der Waals surface area contributed by atoms with E-state index >= 15 is 0 Å². The molecule has 3 fully saturated rings. The first-order valence-corrected chi connectivity index (χ1v) is 12.7. The normalized spacial score (nSPS) is 30.3. The Morgan fingerprint density at radius 3 is 2.44 bits per heavy atom. The van der Waals surface area contributed by atoms with Crippen LogP contribution in [0.3, 0.4) is 0 Å². The van der Waals surface area contributed by atoms with Crippen molar-refractivity contribution in [3.8, 4) is 0 Å². The van der Waals surface area contributed by atoms with E-state index in [9.17, 15) is 19.5 Å². The maximum absolute atomic E-state index is 14.3. The van der Waals surface area contributed by atoms with E-state index in [-0.39, 0.29) is 37.4 Å². The molecule has 0 aliphatic carbocycles. The van der Waals surface area contributed by atoms with Gasteiger partial charge in [0.1, 0.15) is 11.6 Å². The van der Waals surface area contributed by atoms with Crippen LogP contribution in [-0.4, -0.2) is 83.2 Å². The van der Waals surface area contributed by atoms with E-state index in [1.807, 2.05) is 6.92 Å². The van der Waals surface area contributed by atoms with Crippen molar-refractivity contribution in [2.45, 2.75) is 43.4 Å². The number of hydrogen-bond donors (Lipinski definition) is 1. The molecule has 0 radical (unpaired) electrons. The van der Waals surface area contributed by atoms with E-state index in [2.05, 4.69) is 13.2 Å². The Labute approximate surface area is 217 Å². The van der Waals surface area contributed by atoms with Crippen molar-refractivity contribution in [3.05, 3.63) is 54.6 Å². The summed E-state index contributed by atoms with van der Waals surface area (Å²) in [7, 11) is 1.69. The molecule has 3 heterocycles. The van der Waals surface area contributed by atoms with E-state index in [0.29, 0.717) is 36.5 Å². The van der Waals surface area contributed by atoms with Crippen LogP contribution in [0.4, 0.5) is 5.69 Å². The molecule has 1 aromatic rings. The second-order valence-electron chi connectivity index (χ2n) is 9.81. The fraction of sp³-hybridized carbons (Fsp3) is 0.519. The van der Waals surface area contributed by atoms with Crippen LogP contribution in [-0.2, 0) is 19.1 Å². The third-order valence-electron chi connectivity index (χ3n) is 8.02. The van der Waals surface area contributed by atoms with Crippen molar-refractivity contribution in [1.29, 1.82) is 0 Å². The Morgan fingerprint density at radius 1 is 1.19 bits per heavy atom. The molecule has 1 spiro atoms. The van der Waals surface area contributed by atoms with Crippen LogP contribution in [0.25, 0.3) is 0 Å². The molecule has 1 N–H and O–H groups in total. The topological polar surface area (TPSA) is 90.4 Å². The standard InChI is InChI=1S/C27H34ClN3O5/c1-5-14-29(4)23(33)20-21-24(34)31(16-17-32)22(27(21)13-12-26(20,7-3)36-27)25(35)30(15-6-2)19-10-8-18(28)9-11-19/h5-6,8-11,20-22,32H,1-2,7,12-17H2,3-4H3/t20-,21+,22?,26+,27?/m1/s1. The summed E-state index contributed by atoms with van der Waals surface area (Å²) in [5.41, 5.74) is -1.36. The first-order valence-electron chi connectivity index (χ1n) is 12.4. The number of β-amino-alcohol motifs (C(OH)–C–C–N with tert-alkyl or cyclic N) is 1. The zero-order valence-corrected chi connectivity index (χ0v) is 21.6. The van der Waals surface area contributed by atoms with Gasteiger partial charge in [0.05, 0.1) is 24.0 Å². The lowest BCUT2D eigenvalue weighted by atomic mass is 9.64. The molecule has 0 saturated carbocycles. The molecular weight excluding hydrogens is 482 g/mol. The van der Waals surface area contributed by atoms with Crippen LogP contribution < -0.4 is 4.90 Å². The molecule has 4 rings (SSSR count). The Morgan fingerprint density at radius 2 is 1.86 bits per heavy atom. The van der Waals surface area contributed by atoms with Gasteiger partial charge in [0, 0.05) is 37.4 Å². The van der Waals surface area contributed by atoms with Gasteiger partial charge in [-0.2, -0.15) is 0 Å². The number of rotatable bonds is 10. The van der Waals surface area contributed by atoms with Crippen LogP contribution in [0.5, 0.6) is 0 Å². The number of amides is 3. The zero-order chi connectivity index (χ0) is 26.3. The number of aliphatic hydroxyl groups is 1. The van der Waals surface area contributed by atoms with E-state index in [0.717, 1.165) is 0 Å². The van der Waals surface area contributed by atoms with E-state index in [1.165, 1.54) is 4.90 Å². The van der Waals surface area contributed by atoms with Crippen molar-refractivity contribution in [1.82, 2.24) is 9.80 Å². The van der Waals surface area contributed by atoms with Gasteiger partial charge in [-0.15, -0.1) is 13.2 Å². The minimum atomic E-state index is -1.15. The van der Waals surface area contributed by atoms with Crippen LogP contribution in [0, 0.1) is 11.8 Å². The van der Waals surface area contributed by atoms with Gasteiger partial charge in [0.15, 0.2) is 0 Å². The highest BCUT2D eigenvalue weighted by Gasteiger charge is 2.78. The number of benzene rings is 1. The lowest BCUT2D eigenvalue weighted by Gasteiger charge is -2.36. The van der Waals surface area contributed by atoms with Crippen molar-refractivity contribution in [2.75, 3.05) is 38.2 Å². The van der Waals surface area contributed by atoms with E-state index in [4.69, 9.17) is 16.3 Å². The number of aliphatic hydroxyl groups excluding tert-OH is 1. The van der Waals surface area contributed by atoms with Crippen molar-refractivity contribution >= 4 is 35.0 Å². The molecule has 36 heavy (non-hydrogen) atoms. The molecule has 3 amide bonds. The lowest BCUT2D eigenvalue weighted by molar-refractivity contribution is -0.150. The molecule has 3 aliphatic heterocycles. The highest BCUT2D eigenvalue weighted by molar-refractivity contribution is 6.30. The number of likely N-dealkylation sites (N-methyl/N-ethyl adjacent to an activating group) is 1. The van der Waals surface area contributed by atoms with E-state index < -0.39 is 29.1 Å². The van der Waals surface area contributed by atoms with Crippen molar-refractivity contribution < 1.29 is 24.2 Å². The predicted molar refractivity (Wildman–Crippen MR) is 137 cm³/mol. The number of carbonyl (C=O) groups excluding carboxylic acids is 3. The number of ether oxygens (including phenoxy) is 1. The fourth-order valence-corrected chi connectivity index (χ4v) is 6.59. The number of anilines is 1. The van der Waals surface area contributed by atoms with Gasteiger partial charge in [0.2, 0.25) is 11.8 Å². The molecule has 2 bridgehead atoms. The fourth-order valence-electron chi connectivity index (χ4n) is 6.46. The Kier molecular flexibility index (Phi) is 7.33. The quantitative estimate of drug-likeness (QED) is 0.484. The first-order chi connectivity index (χ1) is 17.2. The summed E-state index contributed by atoms with van der Waals surface area (Å²) in [5.74, 6) is -2.36. The van der Waals surface area contributed by atoms with Crippen LogP contribution in [0.1, 0.15) is 26.2 Å². The number of likely N-dealkylation sites (tertiary alicyclic amines) is 1. The highest BCUT2D eigenvalue weighted by Crippen LogP contribution is 2.64. The second-order valence-corrected chi connectivity index (χ2v) is 10.2. The number of halogens is 1. The van der Waals surface area contributed by atoms with Gasteiger partial charge in [-0.1, -0.05) is 30.7 Å². The van der Waals surface area contributed by atoms with Gasteiger partial charge in [-0.05, 0) is 43.5 Å². The summed E-state index contributed by atoms with van der Waals surface area (Å²) in [5, 5.41) is 10.4. The molecule has 3 aliphatic rings. The van der Waals surface area contributed by atoms with Crippen LogP contribution in [0.2, 0.25) is 5.02 Å². The molecule has 8 nitrogen and oxygen atoms in total. The second kappa shape index (κ2) is 10.00. The van der Waals surface area contributed by atoms with Crippen molar-refractivity contribution in [3.63, 3.8) is 0 Å². The first kappa shape index (κ1) is 26.4. The average Bonchev–Trinajstić information content (AvgIpc) is 3.47. The summed E-state index contributed by atoms with van der Waals surface area (Å²) in [6.07, 6.45) is 4.86. The minimum Gasteiger partial charge on any atom is -0.395 e. The highest BCUT2D eigenvalue weighted by atomic mass is 35.5. The SMILES string of the molecule is C=CCN(C)C(=O)[C@H]1[C@H]2C(=O)N(CCO)C(C(=O)N(CC=C)c3ccc(Cl)cc3)C23CC[C@]1(CC)O3. The molecule has 0 aromatic heterocycles. The van der Waals surface area contributed by atoms with Crippen LogP contribution in [0.15, 0.2) is 49.6 Å². The largest absolute Gasteiger partial charge is 0.395 e. The molecule has 3 saturated heterocycles. The third kappa shape index (κ3) is 3.86. The van der Waals surface area contributed by atoms with E-state index in [1.54, 1.807) is 53.3 Å². The average molecular weight is 516 g/mol. The van der Waals surface area contributed by atoms with Gasteiger partial charge in [0.25, 0.3) is 5.91 Å². The summed E-state index contributed by atoms with van der Waals surface area (Å²) in [6, 6.07) is 5.89. The Hall–Kier alpha value is -2.68. The monoisotopic (exact) mass is 515 g/mol. The molecular formula is C27H34ClN3O5. The number of hydrogen-bond acceptors (Lipinski definition) is 5. The third-order valence-corrected chi connectivity index (χ3v) is 8.27. The molecule has 5 atom stereocenters. The lowest BCUT2D eigenvalue weighted by Crippen LogP contribution is -2.57. The Bertz CT molecular complexity index is 1060. The number of fused-ring (bicyclic) bond motifs is 1. The van der Waals surface area contributed by atoms with Crippen LogP contribution >= 0.6 is 11.6 Å². The van der Waals surface area contributed by atoms with Crippen molar-refractivity contribution in [2.24, 2.45) is 11.8 Å². The minimum absolute atomic E-state index is 0.0259. The maximum atomic E-state index is 14.3. The summed E-state index contributed by atoms with van der Waals surface area (Å²) in [4.78, 5) is 46.4. The molecule has 9 heteroatoms. The summed E-state index contributed by atoms with van der Waals surface area (Å²) < 4.78 is 6.73. The predicted octanol–water partition coefficient (Wildman–Crippen LogP) is 2.65. The van der Waals surface area contributed by atoms with Gasteiger partial charge >= 0.3 is 0 Å². The summed E-state index contributed by atoms with van der Waals surface area (Å²) >= 11 is 6.07. The molecule has 2 unspecified atom stereocenters. The number of carbonyl (C=O) groups is 3. The maximum Gasteiger partial charge on any atom is 0.253 e. The van der Waals surface area contributed by atoms with Gasteiger partial charge in [-0.25, -0.2) is 0 Å². The zero-order valence-electron chi connectivity index (χ0n) is 20.9. The summed E-state index contributed by atoms with van der Waals surface area (Å²) in [6.45, 7) is 9.70. The number of nitrogens with zero attached hydrogens (tertiary/aromatic N) is 3. The smallest absolute Gasteiger partial charge is 0.253 e. The van der Waals surface area contributed by atoms with Gasteiger partial charge < -0.3 is 24.5 Å². The Balaban J connectivity index is 1.81. The molecule has 1 aromatic carbocycles.